The lowest BCUT2D eigenvalue weighted by molar-refractivity contribution is -0.385. The maximum atomic E-state index is 13.5. The summed E-state index contributed by atoms with van der Waals surface area (Å²) in [5.74, 6) is -0.602. The van der Waals surface area contributed by atoms with Crippen molar-refractivity contribution in [1.82, 2.24) is 13.2 Å². The van der Waals surface area contributed by atoms with Crippen molar-refractivity contribution >= 4 is 48.2 Å². The molecule has 0 N–H and O–H groups in total. The Morgan fingerprint density at radius 3 is 1.98 bits per heavy atom. The molecule has 0 aliphatic heterocycles. The number of sulfonamides is 1. The van der Waals surface area contributed by atoms with Gasteiger partial charge in [0.2, 0.25) is 10.0 Å². The van der Waals surface area contributed by atoms with Crippen LogP contribution in [0.15, 0.2) is 88.8 Å². The van der Waals surface area contributed by atoms with Crippen LogP contribution in [0.3, 0.4) is 0 Å². The highest BCUT2D eigenvalue weighted by molar-refractivity contribution is 7.90. The van der Waals surface area contributed by atoms with Crippen LogP contribution < -0.4 is 0 Å². The van der Waals surface area contributed by atoms with Gasteiger partial charge in [0.15, 0.2) is 0 Å². The molecule has 0 saturated heterocycles. The highest BCUT2D eigenvalue weighted by Crippen LogP contribution is 2.28. The summed E-state index contributed by atoms with van der Waals surface area (Å²) in [6.07, 6.45) is 1.13. The molecule has 1 amide bonds. The van der Waals surface area contributed by atoms with Crippen LogP contribution >= 0.6 is 0 Å². The Morgan fingerprint density at radius 2 is 1.37 bits per heavy atom. The summed E-state index contributed by atoms with van der Waals surface area (Å²) >= 11 is 0. The number of para-hydroxylation sites is 1. The van der Waals surface area contributed by atoms with Crippen LogP contribution in [0.2, 0.25) is 0 Å². The van der Waals surface area contributed by atoms with Gasteiger partial charge in [-0.05, 0) is 18.2 Å². The first-order chi connectivity index (χ1) is 19.2. The third kappa shape index (κ3) is 5.65. The Labute approximate surface area is 234 Å². The Bertz CT molecular complexity index is 1900. The molecular weight excluding hydrogens is 578 g/mol. The molecule has 4 aromatic rings. The molecule has 14 nitrogen and oxygen atoms in total. The van der Waals surface area contributed by atoms with E-state index in [1.54, 1.807) is 18.2 Å². The van der Waals surface area contributed by atoms with Crippen molar-refractivity contribution in [2.45, 2.75) is 9.79 Å². The van der Waals surface area contributed by atoms with Crippen molar-refractivity contribution in [2.24, 2.45) is 0 Å². The molecule has 0 fully saturated rings. The summed E-state index contributed by atoms with van der Waals surface area (Å²) in [7, 11) is -5.77. The van der Waals surface area contributed by atoms with Crippen LogP contribution in [0.4, 0.5) is 11.4 Å². The van der Waals surface area contributed by atoms with Gasteiger partial charge in [0.05, 0.1) is 30.7 Å². The predicted molar refractivity (Wildman–Crippen MR) is 147 cm³/mol. The number of rotatable bonds is 10. The van der Waals surface area contributed by atoms with Gasteiger partial charge in [-0.3, -0.25) is 25.0 Å². The molecule has 0 radical (unpaired) electrons. The van der Waals surface area contributed by atoms with Crippen LogP contribution in [-0.2, 0) is 20.0 Å². The Hall–Kier alpha value is -4.67. The van der Waals surface area contributed by atoms with Crippen LogP contribution in [0.1, 0.15) is 10.4 Å². The SMILES string of the molecule is CN(CCN(C)S(=O)(=O)c1cccc([N+](=O)[O-])c1)C(=O)c1cn(S(=O)(=O)c2cccc([N+](=O)[O-])c2)c2ccccc12. The molecule has 214 valence electrons. The van der Waals surface area contributed by atoms with E-state index in [9.17, 15) is 41.9 Å². The van der Waals surface area contributed by atoms with Crippen molar-refractivity contribution in [1.29, 1.82) is 0 Å². The normalized spacial score (nSPS) is 12.0. The number of amides is 1. The van der Waals surface area contributed by atoms with Gasteiger partial charge in [-0.15, -0.1) is 0 Å². The number of carbonyl (C=O) groups excluding carboxylic acids is 1. The summed E-state index contributed by atoms with van der Waals surface area (Å²) in [5.41, 5.74) is -0.617. The summed E-state index contributed by atoms with van der Waals surface area (Å²) in [6, 6.07) is 15.4. The average Bonchev–Trinajstić information content (AvgIpc) is 3.36. The van der Waals surface area contributed by atoms with E-state index in [0.717, 1.165) is 32.7 Å². The predicted octanol–water partition coefficient (Wildman–Crippen LogP) is 3.09. The van der Waals surface area contributed by atoms with Gasteiger partial charge in [-0.2, -0.15) is 4.31 Å². The molecule has 0 atom stereocenters. The van der Waals surface area contributed by atoms with E-state index in [4.69, 9.17) is 0 Å². The zero-order chi connectivity index (χ0) is 30.1. The van der Waals surface area contributed by atoms with E-state index in [2.05, 4.69) is 0 Å². The molecule has 0 saturated carbocycles. The number of nitrogens with zero attached hydrogens (tertiary/aromatic N) is 5. The molecule has 0 bridgehead atoms. The largest absolute Gasteiger partial charge is 0.340 e. The molecular formula is C25H23N5O9S2. The highest BCUT2D eigenvalue weighted by atomic mass is 32.2. The average molecular weight is 602 g/mol. The number of aromatic nitrogens is 1. The van der Waals surface area contributed by atoms with Gasteiger partial charge in [0.1, 0.15) is 0 Å². The molecule has 1 heterocycles. The minimum atomic E-state index is -4.34. The number of hydrogen-bond acceptors (Lipinski definition) is 9. The lowest BCUT2D eigenvalue weighted by atomic mass is 10.1. The molecule has 0 aliphatic rings. The van der Waals surface area contributed by atoms with Gasteiger partial charge in [-0.25, -0.2) is 20.8 Å². The van der Waals surface area contributed by atoms with Gasteiger partial charge in [0, 0.05) is 63.0 Å². The number of carbonyl (C=O) groups is 1. The van der Waals surface area contributed by atoms with Crippen molar-refractivity contribution in [3.05, 3.63) is 105 Å². The van der Waals surface area contributed by atoms with Crippen molar-refractivity contribution < 1.29 is 31.5 Å². The fraction of sp³-hybridized carbons (Fsp3) is 0.160. The standard InChI is InChI=1S/C25H23N5O9S2/c1-26(13-14-27(2)40(36,37)20-9-5-7-18(15-20)29(32)33)25(31)23-17-28(24-12-4-3-11-22(23)24)41(38,39)21-10-6-8-19(16-21)30(34)35/h3-12,15-17H,13-14H2,1-2H3. The number of benzene rings is 3. The first kappa shape index (κ1) is 29.3. The smallest absolute Gasteiger partial charge is 0.270 e. The topological polar surface area (TPSA) is 183 Å². The molecule has 16 heteroatoms. The second-order valence-corrected chi connectivity index (χ2v) is 12.8. The maximum Gasteiger partial charge on any atom is 0.270 e. The number of non-ortho nitro benzene ring substituents is 2. The molecule has 0 unspecified atom stereocenters. The molecule has 3 aromatic carbocycles. The number of nitro groups is 2. The summed E-state index contributed by atoms with van der Waals surface area (Å²) in [6.45, 7) is -0.265. The minimum absolute atomic E-state index is 0.0151. The first-order valence-corrected chi connectivity index (χ1v) is 14.7. The number of fused-ring (bicyclic) bond motifs is 1. The highest BCUT2D eigenvalue weighted by Gasteiger charge is 2.27. The third-order valence-electron chi connectivity index (χ3n) is 6.33. The van der Waals surface area contributed by atoms with Gasteiger partial charge in [0.25, 0.3) is 27.3 Å². The fourth-order valence-corrected chi connectivity index (χ4v) is 6.66. The molecule has 0 spiro atoms. The Balaban J connectivity index is 1.60. The van der Waals surface area contributed by atoms with Gasteiger partial charge >= 0.3 is 0 Å². The van der Waals surface area contributed by atoms with Crippen molar-refractivity contribution in [3.8, 4) is 0 Å². The van der Waals surface area contributed by atoms with Crippen LogP contribution in [0.25, 0.3) is 10.9 Å². The van der Waals surface area contributed by atoms with Crippen LogP contribution in [-0.4, -0.2) is 73.0 Å². The van der Waals surface area contributed by atoms with E-state index >= 15 is 0 Å². The molecule has 4 rings (SSSR count). The monoisotopic (exact) mass is 601 g/mol. The van der Waals surface area contributed by atoms with E-state index < -0.39 is 41.5 Å². The lowest BCUT2D eigenvalue weighted by Gasteiger charge is -2.22. The summed E-state index contributed by atoms with van der Waals surface area (Å²) in [5, 5.41) is 22.5. The number of hydrogen-bond donors (Lipinski definition) is 0. The second-order valence-electron chi connectivity index (χ2n) is 8.92. The quantitative estimate of drug-likeness (QED) is 0.195. The van der Waals surface area contributed by atoms with E-state index in [1.807, 2.05) is 0 Å². The summed E-state index contributed by atoms with van der Waals surface area (Å²) < 4.78 is 54.6. The Morgan fingerprint density at radius 1 is 0.805 bits per heavy atom. The van der Waals surface area contributed by atoms with Crippen molar-refractivity contribution in [3.63, 3.8) is 0 Å². The van der Waals surface area contributed by atoms with E-state index in [0.29, 0.717) is 5.39 Å². The number of nitro benzene ring substituents is 2. The second kappa shape index (κ2) is 11.1. The minimum Gasteiger partial charge on any atom is -0.340 e. The van der Waals surface area contributed by atoms with E-state index in [1.165, 1.54) is 55.4 Å². The van der Waals surface area contributed by atoms with Crippen LogP contribution in [0.5, 0.6) is 0 Å². The van der Waals surface area contributed by atoms with Crippen molar-refractivity contribution in [2.75, 3.05) is 27.2 Å². The van der Waals surface area contributed by atoms with Crippen LogP contribution in [0, 0.1) is 20.2 Å². The summed E-state index contributed by atoms with van der Waals surface area (Å²) in [4.78, 5) is 34.8. The lowest BCUT2D eigenvalue weighted by Crippen LogP contribution is -2.37. The maximum absolute atomic E-state index is 13.5. The zero-order valence-corrected chi connectivity index (χ0v) is 23.3. The third-order valence-corrected chi connectivity index (χ3v) is 9.85. The van der Waals surface area contributed by atoms with E-state index in [-0.39, 0.29) is 39.6 Å². The molecule has 0 aliphatic carbocycles. The first-order valence-electron chi connectivity index (χ1n) is 11.8. The fourth-order valence-electron chi connectivity index (χ4n) is 4.05. The van der Waals surface area contributed by atoms with Gasteiger partial charge < -0.3 is 4.90 Å². The molecule has 1 aromatic heterocycles. The van der Waals surface area contributed by atoms with Gasteiger partial charge in [-0.1, -0.05) is 30.3 Å². The molecule has 41 heavy (non-hydrogen) atoms. The zero-order valence-electron chi connectivity index (χ0n) is 21.6. The Kier molecular flexibility index (Phi) is 7.92. The number of likely N-dealkylation sites (N-methyl/N-ethyl adjacent to an activating group) is 2.